The molecule has 0 fully saturated rings. The summed E-state index contributed by atoms with van der Waals surface area (Å²) in [4.78, 5) is 16.8. The van der Waals surface area contributed by atoms with Crippen LogP contribution in [-0.2, 0) is 6.42 Å². The SMILES string of the molecule is CCc1cc(Cl)c(C(=O)c2ccccc2)c(C)n1. The predicted octanol–water partition coefficient (Wildman–Crippen LogP) is 3.84. The van der Waals surface area contributed by atoms with E-state index in [-0.39, 0.29) is 5.78 Å². The van der Waals surface area contributed by atoms with Gasteiger partial charge in [0.2, 0.25) is 0 Å². The lowest BCUT2D eigenvalue weighted by Gasteiger charge is -2.09. The number of aromatic nitrogens is 1. The molecule has 0 aliphatic heterocycles. The van der Waals surface area contributed by atoms with Crippen LogP contribution in [0.1, 0.15) is 34.2 Å². The molecule has 2 nitrogen and oxygen atoms in total. The fraction of sp³-hybridized carbons (Fsp3) is 0.200. The number of ketones is 1. The van der Waals surface area contributed by atoms with Crippen molar-refractivity contribution in [1.82, 2.24) is 4.98 Å². The van der Waals surface area contributed by atoms with Crippen LogP contribution in [0, 0.1) is 6.92 Å². The number of rotatable bonds is 3. The molecule has 1 heterocycles. The zero-order valence-electron chi connectivity index (χ0n) is 10.4. The number of carbonyl (C=O) groups is 1. The van der Waals surface area contributed by atoms with Crippen molar-refractivity contribution < 1.29 is 4.79 Å². The summed E-state index contributed by atoms with van der Waals surface area (Å²) in [6, 6.07) is 10.9. The second kappa shape index (κ2) is 5.32. The third kappa shape index (κ3) is 2.44. The van der Waals surface area contributed by atoms with Gasteiger partial charge in [0.15, 0.2) is 5.78 Å². The molecule has 18 heavy (non-hydrogen) atoms. The Balaban J connectivity index is 2.49. The highest BCUT2D eigenvalue weighted by atomic mass is 35.5. The largest absolute Gasteiger partial charge is 0.288 e. The number of carbonyl (C=O) groups excluding carboxylic acids is 1. The van der Waals surface area contributed by atoms with Gasteiger partial charge in [-0.25, -0.2) is 0 Å². The van der Waals surface area contributed by atoms with Gasteiger partial charge >= 0.3 is 0 Å². The lowest BCUT2D eigenvalue weighted by Crippen LogP contribution is -2.07. The number of benzene rings is 1. The van der Waals surface area contributed by atoms with Gasteiger partial charge in [-0.2, -0.15) is 0 Å². The molecule has 1 aromatic heterocycles. The minimum absolute atomic E-state index is 0.0757. The van der Waals surface area contributed by atoms with Crippen LogP contribution in [0.15, 0.2) is 36.4 Å². The maximum atomic E-state index is 12.4. The molecule has 2 rings (SSSR count). The highest BCUT2D eigenvalue weighted by Crippen LogP contribution is 2.23. The Hall–Kier alpha value is -1.67. The second-order valence-electron chi connectivity index (χ2n) is 4.10. The number of pyridine rings is 1. The van der Waals surface area contributed by atoms with E-state index in [4.69, 9.17) is 11.6 Å². The zero-order valence-corrected chi connectivity index (χ0v) is 11.2. The number of hydrogen-bond donors (Lipinski definition) is 0. The molecular formula is C15H14ClNO. The molecule has 0 N–H and O–H groups in total. The third-order valence-corrected chi connectivity index (χ3v) is 3.13. The molecule has 0 atom stereocenters. The molecule has 92 valence electrons. The lowest BCUT2D eigenvalue weighted by atomic mass is 10.0. The van der Waals surface area contributed by atoms with Crippen LogP contribution in [0.3, 0.4) is 0 Å². The van der Waals surface area contributed by atoms with E-state index < -0.39 is 0 Å². The lowest BCUT2D eigenvalue weighted by molar-refractivity contribution is 0.103. The van der Waals surface area contributed by atoms with Gasteiger partial charge in [-0.3, -0.25) is 9.78 Å². The molecule has 0 aliphatic carbocycles. The van der Waals surface area contributed by atoms with Crippen molar-refractivity contribution in [3.63, 3.8) is 0 Å². The van der Waals surface area contributed by atoms with Crippen molar-refractivity contribution >= 4 is 17.4 Å². The van der Waals surface area contributed by atoms with E-state index in [9.17, 15) is 4.79 Å². The van der Waals surface area contributed by atoms with Gasteiger partial charge < -0.3 is 0 Å². The normalized spacial score (nSPS) is 10.4. The fourth-order valence-electron chi connectivity index (χ4n) is 1.88. The van der Waals surface area contributed by atoms with Gasteiger partial charge in [0.1, 0.15) is 0 Å². The first-order valence-electron chi connectivity index (χ1n) is 5.89. The van der Waals surface area contributed by atoms with E-state index in [1.54, 1.807) is 18.2 Å². The molecule has 0 amide bonds. The van der Waals surface area contributed by atoms with Gasteiger partial charge in [-0.05, 0) is 19.4 Å². The molecule has 0 radical (unpaired) electrons. The first kappa shape index (κ1) is 12.8. The average molecular weight is 260 g/mol. The van der Waals surface area contributed by atoms with Crippen molar-refractivity contribution in [3.8, 4) is 0 Å². The van der Waals surface area contributed by atoms with Crippen molar-refractivity contribution in [2.45, 2.75) is 20.3 Å². The summed E-state index contributed by atoms with van der Waals surface area (Å²) in [5, 5.41) is 0.480. The average Bonchev–Trinajstić information content (AvgIpc) is 2.38. The number of hydrogen-bond acceptors (Lipinski definition) is 2. The Kier molecular flexibility index (Phi) is 3.78. The summed E-state index contributed by atoms with van der Waals surface area (Å²) in [6.45, 7) is 3.83. The molecule has 0 saturated carbocycles. The van der Waals surface area contributed by atoms with E-state index in [1.807, 2.05) is 32.0 Å². The predicted molar refractivity (Wildman–Crippen MR) is 73.2 cm³/mol. The third-order valence-electron chi connectivity index (χ3n) is 2.83. The Labute approximate surface area is 112 Å². The summed E-state index contributed by atoms with van der Waals surface area (Å²) in [7, 11) is 0. The van der Waals surface area contributed by atoms with Crippen molar-refractivity contribution in [1.29, 1.82) is 0 Å². The molecule has 0 bridgehead atoms. The number of nitrogens with zero attached hydrogens (tertiary/aromatic N) is 1. The second-order valence-corrected chi connectivity index (χ2v) is 4.51. The highest BCUT2D eigenvalue weighted by Gasteiger charge is 2.17. The highest BCUT2D eigenvalue weighted by molar-refractivity contribution is 6.35. The Morgan fingerprint density at radius 3 is 2.50 bits per heavy atom. The van der Waals surface area contributed by atoms with E-state index in [2.05, 4.69) is 4.98 Å². The maximum Gasteiger partial charge on any atom is 0.196 e. The van der Waals surface area contributed by atoms with Gasteiger partial charge in [0, 0.05) is 11.3 Å². The molecule has 3 heteroatoms. The smallest absolute Gasteiger partial charge is 0.196 e. The first-order valence-corrected chi connectivity index (χ1v) is 6.27. The molecule has 2 aromatic rings. The van der Waals surface area contributed by atoms with Gasteiger partial charge in [-0.15, -0.1) is 0 Å². The summed E-state index contributed by atoms with van der Waals surface area (Å²) in [6.07, 6.45) is 0.806. The summed E-state index contributed by atoms with van der Waals surface area (Å²) in [5.41, 5.74) is 2.73. The van der Waals surface area contributed by atoms with Gasteiger partial charge in [0.05, 0.1) is 16.3 Å². The van der Waals surface area contributed by atoms with E-state index in [0.29, 0.717) is 21.8 Å². The molecular weight excluding hydrogens is 246 g/mol. The van der Waals surface area contributed by atoms with Crippen molar-refractivity contribution in [2.75, 3.05) is 0 Å². The fourth-order valence-corrected chi connectivity index (χ4v) is 2.23. The topological polar surface area (TPSA) is 30.0 Å². The molecule has 0 unspecified atom stereocenters. The Morgan fingerprint density at radius 2 is 1.94 bits per heavy atom. The van der Waals surface area contributed by atoms with Crippen LogP contribution in [0.5, 0.6) is 0 Å². The molecule has 0 saturated heterocycles. The molecule has 0 spiro atoms. The standard InChI is InChI=1S/C15H14ClNO/c1-3-12-9-13(16)14(10(2)17-12)15(18)11-7-5-4-6-8-11/h4-9H,3H2,1-2H3. The quantitative estimate of drug-likeness (QED) is 0.784. The van der Waals surface area contributed by atoms with E-state index in [0.717, 1.165) is 12.1 Å². The Bertz CT molecular complexity index is 555. The van der Waals surface area contributed by atoms with E-state index in [1.165, 1.54) is 0 Å². The van der Waals surface area contributed by atoms with Crippen LogP contribution < -0.4 is 0 Å². The van der Waals surface area contributed by atoms with Crippen LogP contribution in [0.2, 0.25) is 5.02 Å². The van der Waals surface area contributed by atoms with Crippen LogP contribution >= 0.6 is 11.6 Å². The van der Waals surface area contributed by atoms with E-state index >= 15 is 0 Å². The first-order chi connectivity index (χ1) is 8.63. The van der Waals surface area contributed by atoms with Gasteiger partial charge in [0.25, 0.3) is 0 Å². The number of halogens is 1. The van der Waals surface area contributed by atoms with Crippen LogP contribution in [0.25, 0.3) is 0 Å². The zero-order chi connectivity index (χ0) is 13.1. The summed E-state index contributed by atoms with van der Waals surface area (Å²) < 4.78 is 0. The minimum Gasteiger partial charge on any atom is -0.288 e. The summed E-state index contributed by atoms with van der Waals surface area (Å²) in [5.74, 6) is -0.0757. The van der Waals surface area contributed by atoms with Crippen LogP contribution in [-0.4, -0.2) is 10.8 Å². The Morgan fingerprint density at radius 1 is 1.28 bits per heavy atom. The molecule has 1 aromatic carbocycles. The monoisotopic (exact) mass is 259 g/mol. The maximum absolute atomic E-state index is 12.4. The van der Waals surface area contributed by atoms with Gasteiger partial charge in [-0.1, -0.05) is 48.9 Å². The molecule has 0 aliphatic rings. The minimum atomic E-state index is -0.0757. The summed E-state index contributed by atoms with van der Waals surface area (Å²) >= 11 is 6.20. The van der Waals surface area contributed by atoms with Crippen molar-refractivity contribution in [3.05, 3.63) is 63.9 Å². The van der Waals surface area contributed by atoms with Crippen molar-refractivity contribution in [2.24, 2.45) is 0 Å². The number of aryl methyl sites for hydroxylation is 2. The van der Waals surface area contributed by atoms with Crippen LogP contribution in [0.4, 0.5) is 0 Å².